The van der Waals surface area contributed by atoms with E-state index in [2.05, 4.69) is 15.9 Å². The Balaban J connectivity index is 1.98. The van der Waals surface area contributed by atoms with Gasteiger partial charge in [-0.25, -0.2) is 4.39 Å². The third-order valence-electron chi connectivity index (χ3n) is 3.34. The number of nitrogens with two attached hydrogens (primary N) is 1. The van der Waals surface area contributed by atoms with E-state index < -0.39 is 0 Å². The smallest absolute Gasteiger partial charge is 0.150 e. The average molecular weight is 310 g/mol. The van der Waals surface area contributed by atoms with Crippen LogP contribution in [0.1, 0.15) is 18.4 Å². The quantitative estimate of drug-likeness (QED) is 0.934. The van der Waals surface area contributed by atoms with E-state index in [9.17, 15) is 4.39 Å². The molecule has 0 saturated heterocycles. The van der Waals surface area contributed by atoms with Gasteiger partial charge in [-0.05, 0) is 59.0 Å². The van der Waals surface area contributed by atoms with Gasteiger partial charge in [-0.2, -0.15) is 0 Å². The van der Waals surface area contributed by atoms with Gasteiger partial charge in [0.2, 0.25) is 0 Å². The molecule has 0 radical (unpaired) electrons. The molecule has 0 unspecified atom stereocenters. The summed E-state index contributed by atoms with van der Waals surface area (Å²) in [6.45, 7) is 0. The van der Waals surface area contributed by atoms with Crippen molar-refractivity contribution in [3.8, 4) is 11.3 Å². The van der Waals surface area contributed by atoms with Crippen molar-refractivity contribution >= 4 is 15.9 Å². The Bertz CT molecular complexity index is 589. The van der Waals surface area contributed by atoms with Crippen molar-refractivity contribution in [3.05, 3.63) is 46.4 Å². The zero-order valence-corrected chi connectivity index (χ0v) is 11.3. The molecule has 1 fully saturated rings. The number of hydrogen-bond acceptors (Lipinski definition) is 2. The molecule has 2 aromatic rings. The predicted octanol–water partition coefficient (Wildman–Crippen LogP) is 3.88. The molecule has 1 heterocycles. The molecule has 4 heteroatoms. The van der Waals surface area contributed by atoms with Crippen molar-refractivity contribution in [2.75, 3.05) is 0 Å². The largest absolute Gasteiger partial charge is 0.463 e. The highest BCUT2D eigenvalue weighted by atomic mass is 79.9. The van der Waals surface area contributed by atoms with Gasteiger partial charge in [0.1, 0.15) is 5.82 Å². The lowest BCUT2D eigenvalue weighted by Crippen LogP contribution is -2.24. The van der Waals surface area contributed by atoms with Gasteiger partial charge in [0.05, 0.1) is 16.3 Å². The van der Waals surface area contributed by atoms with Gasteiger partial charge in [0, 0.05) is 5.54 Å². The van der Waals surface area contributed by atoms with E-state index >= 15 is 0 Å². The standard InChI is InChI=1S/C14H13BrFNO/c15-11-3-6-18-13(11)10-7-9(1-2-12(10)16)8-14(17)4-5-14/h1-3,6-7H,4-5,8,17H2. The van der Waals surface area contributed by atoms with Gasteiger partial charge in [-0.1, -0.05) is 6.07 Å². The van der Waals surface area contributed by atoms with Crippen LogP contribution in [0.4, 0.5) is 4.39 Å². The summed E-state index contributed by atoms with van der Waals surface area (Å²) in [5.41, 5.74) is 7.55. The molecule has 2 N–H and O–H groups in total. The molecule has 1 aliphatic carbocycles. The third-order valence-corrected chi connectivity index (χ3v) is 3.97. The zero-order valence-electron chi connectivity index (χ0n) is 9.75. The summed E-state index contributed by atoms with van der Waals surface area (Å²) in [6.07, 6.45) is 4.42. The molecule has 94 valence electrons. The molecule has 2 nitrogen and oxygen atoms in total. The van der Waals surface area contributed by atoms with Crippen molar-refractivity contribution in [2.45, 2.75) is 24.8 Å². The first kappa shape index (κ1) is 11.9. The van der Waals surface area contributed by atoms with E-state index in [1.54, 1.807) is 12.1 Å². The minimum atomic E-state index is -0.281. The zero-order chi connectivity index (χ0) is 12.8. The molecule has 1 aromatic carbocycles. The van der Waals surface area contributed by atoms with Crippen LogP contribution in [0, 0.1) is 5.82 Å². The second kappa shape index (κ2) is 4.21. The molecule has 0 amide bonds. The molecule has 0 atom stereocenters. The average Bonchev–Trinajstić information content (AvgIpc) is 2.89. The summed E-state index contributed by atoms with van der Waals surface area (Å²) in [6, 6.07) is 6.85. The fraction of sp³-hybridized carbons (Fsp3) is 0.286. The van der Waals surface area contributed by atoms with Gasteiger partial charge in [0.25, 0.3) is 0 Å². The monoisotopic (exact) mass is 309 g/mol. The molecule has 1 aliphatic rings. The molecule has 0 spiro atoms. The van der Waals surface area contributed by atoms with Gasteiger partial charge < -0.3 is 10.2 Å². The Morgan fingerprint density at radius 1 is 1.33 bits per heavy atom. The van der Waals surface area contributed by atoms with E-state index in [1.165, 1.54) is 12.3 Å². The van der Waals surface area contributed by atoms with Crippen molar-refractivity contribution in [1.29, 1.82) is 0 Å². The van der Waals surface area contributed by atoms with Crippen molar-refractivity contribution in [1.82, 2.24) is 0 Å². The second-order valence-electron chi connectivity index (χ2n) is 4.95. The van der Waals surface area contributed by atoms with E-state index in [1.807, 2.05) is 6.07 Å². The summed E-state index contributed by atoms with van der Waals surface area (Å²) in [7, 11) is 0. The minimum Gasteiger partial charge on any atom is -0.463 e. The summed E-state index contributed by atoms with van der Waals surface area (Å²) in [5, 5.41) is 0. The van der Waals surface area contributed by atoms with Crippen LogP contribution < -0.4 is 5.73 Å². The molecular formula is C14H13BrFNO. The van der Waals surface area contributed by atoms with E-state index in [4.69, 9.17) is 10.2 Å². The van der Waals surface area contributed by atoms with Gasteiger partial charge in [-0.15, -0.1) is 0 Å². The lowest BCUT2D eigenvalue weighted by atomic mass is 10.0. The van der Waals surface area contributed by atoms with Crippen LogP contribution in [0.15, 0.2) is 39.4 Å². The SMILES string of the molecule is NC1(Cc2ccc(F)c(-c3occc3Br)c2)CC1. The maximum Gasteiger partial charge on any atom is 0.150 e. The maximum absolute atomic E-state index is 13.8. The molecule has 1 aromatic heterocycles. The number of halogens is 2. The molecule has 1 saturated carbocycles. The highest BCUT2D eigenvalue weighted by Gasteiger charge is 2.38. The van der Waals surface area contributed by atoms with Gasteiger partial charge >= 0.3 is 0 Å². The highest BCUT2D eigenvalue weighted by molar-refractivity contribution is 9.10. The van der Waals surface area contributed by atoms with Crippen LogP contribution in [0.25, 0.3) is 11.3 Å². The van der Waals surface area contributed by atoms with E-state index in [0.717, 1.165) is 29.3 Å². The number of furan rings is 1. The maximum atomic E-state index is 13.8. The van der Waals surface area contributed by atoms with Crippen LogP contribution >= 0.6 is 15.9 Å². The van der Waals surface area contributed by atoms with Gasteiger partial charge in [-0.3, -0.25) is 0 Å². The van der Waals surface area contributed by atoms with Crippen LogP contribution in [-0.4, -0.2) is 5.54 Å². The summed E-state index contributed by atoms with van der Waals surface area (Å²) < 4.78 is 19.9. The predicted molar refractivity (Wildman–Crippen MR) is 71.7 cm³/mol. The van der Waals surface area contributed by atoms with E-state index in [0.29, 0.717) is 11.3 Å². The fourth-order valence-electron chi connectivity index (χ4n) is 2.09. The van der Waals surface area contributed by atoms with Crippen molar-refractivity contribution < 1.29 is 8.81 Å². The van der Waals surface area contributed by atoms with Gasteiger partial charge in [0.15, 0.2) is 5.76 Å². The third kappa shape index (κ3) is 2.22. The number of hydrogen-bond donors (Lipinski definition) is 1. The van der Waals surface area contributed by atoms with E-state index in [-0.39, 0.29) is 11.4 Å². The minimum absolute atomic E-state index is 0.0739. The lowest BCUT2D eigenvalue weighted by molar-refractivity contribution is 0.567. The molecule has 0 bridgehead atoms. The van der Waals surface area contributed by atoms with Crippen molar-refractivity contribution in [2.24, 2.45) is 5.73 Å². The first-order chi connectivity index (χ1) is 8.57. The molecule has 0 aliphatic heterocycles. The molecule has 18 heavy (non-hydrogen) atoms. The van der Waals surface area contributed by atoms with Crippen molar-refractivity contribution in [3.63, 3.8) is 0 Å². The Labute approximate surface area is 113 Å². The topological polar surface area (TPSA) is 39.2 Å². The van der Waals surface area contributed by atoms with Crippen LogP contribution in [0.2, 0.25) is 0 Å². The first-order valence-electron chi connectivity index (χ1n) is 5.88. The molecular weight excluding hydrogens is 297 g/mol. The normalized spacial score (nSPS) is 16.8. The Hall–Kier alpha value is -1.13. The summed E-state index contributed by atoms with van der Waals surface area (Å²) in [4.78, 5) is 0. The van der Waals surface area contributed by atoms with Crippen LogP contribution in [-0.2, 0) is 6.42 Å². The molecule has 3 rings (SSSR count). The number of benzene rings is 1. The summed E-state index contributed by atoms with van der Waals surface area (Å²) >= 11 is 3.35. The summed E-state index contributed by atoms with van der Waals surface area (Å²) in [5.74, 6) is 0.243. The number of rotatable bonds is 3. The Morgan fingerprint density at radius 2 is 2.11 bits per heavy atom. The van der Waals surface area contributed by atoms with Crippen LogP contribution in [0.5, 0.6) is 0 Å². The Morgan fingerprint density at radius 3 is 2.72 bits per heavy atom. The first-order valence-corrected chi connectivity index (χ1v) is 6.67. The Kier molecular flexibility index (Phi) is 2.79. The van der Waals surface area contributed by atoms with Crippen LogP contribution in [0.3, 0.4) is 0 Å². The highest BCUT2D eigenvalue weighted by Crippen LogP contribution is 2.37. The lowest BCUT2D eigenvalue weighted by Gasteiger charge is -2.10. The second-order valence-corrected chi connectivity index (χ2v) is 5.81. The fourth-order valence-corrected chi connectivity index (χ4v) is 2.50.